The predicted octanol–water partition coefficient (Wildman–Crippen LogP) is 1.82. The van der Waals surface area contributed by atoms with Gasteiger partial charge < -0.3 is 15.4 Å². The van der Waals surface area contributed by atoms with Crippen molar-refractivity contribution in [3.8, 4) is 0 Å². The summed E-state index contributed by atoms with van der Waals surface area (Å²) in [6, 6.07) is 4.62. The molecule has 20 heavy (non-hydrogen) atoms. The Morgan fingerprint density at radius 1 is 1.25 bits per heavy atom. The Hall–Kier alpha value is -2.11. The molecule has 0 aliphatic heterocycles. The van der Waals surface area contributed by atoms with Crippen molar-refractivity contribution in [2.75, 3.05) is 7.11 Å². The van der Waals surface area contributed by atoms with Crippen LogP contribution in [0.5, 0.6) is 0 Å². The number of hydrogen-bond donors (Lipinski definition) is 2. The van der Waals surface area contributed by atoms with E-state index in [0.717, 1.165) is 5.56 Å². The summed E-state index contributed by atoms with van der Waals surface area (Å²) in [5, 5.41) is 5.15. The summed E-state index contributed by atoms with van der Waals surface area (Å²) < 4.78 is 17.4. The molecule has 1 rings (SSSR count). The van der Waals surface area contributed by atoms with Gasteiger partial charge in [0.25, 0.3) is 0 Å². The van der Waals surface area contributed by atoms with E-state index in [1.807, 2.05) is 13.8 Å². The minimum Gasteiger partial charge on any atom is -0.467 e. The van der Waals surface area contributed by atoms with Crippen molar-refractivity contribution in [2.24, 2.45) is 5.92 Å². The lowest BCUT2D eigenvalue weighted by atomic mass is 10.1. The third-order valence-corrected chi connectivity index (χ3v) is 2.77. The molecule has 0 heterocycles. The summed E-state index contributed by atoms with van der Waals surface area (Å²) in [5.41, 5.74) is 0.765. The third kappa shape index (κ3) is 4.87. The first-order valence-corrected chi connectivity index (χ1v) is 6.30. The minimum absolute atomic E-state index is 0.0842. The van der Waals surface area contributed by atoms with E-state index in [1.165, 1.54) is 19.2 Å². The molecule has 2 amide bonds. The highest BCUT2D eigenvalue weighted by molar-refractivity contribution is 5.83. The fraction of sp³-hybridized carbons (Fsp3) is 0.429. The fourth-order valence-corrected chi connectivity index (χ4v) is 1.60. The molecule has 1 aromatic carbocycles. The van der Waals surface area contributed by atoms with Crippen LogP contribution in [-0.4, -0.2) is 25.2 Å². The number of halogens is 1. The molecule has 0 aromatic heterocycles. The number of carbonyl (C=O) groups excluding carboxylic acids is 2. The van der Waals surface area contributed by atoms with Crippen molar-refractivity contribution in [3.63, 3.8) is 0 Å². The minimum atomic E-state index is -0.701. The molecule has 0 aliphatic carbocycles. The monoisotopic (exact) mass is 282 g/mol. The van der Waals surface area contributed by atoms with Gasteiger partial charge in [0.2, 0.25) is 0 Å². The molecule has 1 unspecified atom stereocenters. The largest absolute Gasteiger partial charge is 0.467 e. The van der Waals surface area contributed by atoms with Gasteiger partial charge in [-0.1, -0.05) is 26.0 Å². The normalized spacial score (nSPS) is 11.8. The molecule has 2 N–H and O–H groups in total. The fourth-order valence-electron chi connectivity index (χ4n) is 1.60. The first-order chi connectivity index (χ1) is 9.43. The van der Waals surface area contributed by atoms with Gasteiger partial charge in [0.05, 0.1) is 7.11 Å². The van der Waals surface area contributed by atoms with Gasteiger partial charge in [-0.25, -0.2) is 14.0 Å². The first-order valence-electron chi connectivity index (χ1n) is 6.30. The van der Waals surface area contributed by atoms with Crippen LogP contribution >= 0.6 is 0 Å². The Kier molecular flexibility index (Phi) is 5.96. The molecular formula is C14H19FN2O3. The standard InChI is InChI=1S/C14H19FN2O3/c1-9(2)12(13(18)20-3)17-14(19)16-8-10-4-6-11(15)7-5-10/h4-7,9,12H,8H2,1-3H3,(H2,16,17,19). The maximum atomic E-state index is 12.7. The summed E-state index contributed by atoms with van der Waals surface area (Å²) in [6.07, 6.45) is 0. The zero-order valence-corrected chi connectivity index (χ0v) is 11.8. The van der Waals surface area contributed by atoms with Gasteiger partial charge >= 0.3 is 12.0 Å². The van der Waals surface area contributed by atoms with Gasteiger partial charge in [-0.3, -0.25) is 0 Å². The van der Waals surface area contributed by atoms with Crippen LogP contribution in [-0.2, 0) is 16.1 Å². The lowest BCUT2D eigenvalue weighted by Crippen LogP contribution is -2.48. The van der Waals surface area contributed by atoms with Crippen LogP contribution < -0.4 is 10.6 Å². The van der Waals surface area contributed by atoms with Crippen LogP contribution in [0, 0.1) is 11.7 Å². The highest BCUT2D eigenvalue weighted by Crippen LogP contribution is 2.04. The van der Waals surface area contributed by atoms with Crippen molar-refractivity contribution < 1.29 is 18.7 Å². The summed E-state index contributed by atoms with van der Waals surface area (Å²) in [5.74, 6) is -0.903. The average Bonchev–Trinajstić information content (AvgIpc) is 2.43. The van der Waals surface area contributed by atoms with Crippen molar-refractivity contribution in [2.45, 2.75) is 26.4 Å². The predicted molar refractivity (Wildman–Crippen MR) is 72.4 cm³/mol. The molecule has 0 aliphatic rings. The number of amides is 2. The lowest BCUT2D eigenvalue weighted by Gasteiger charge is -2.20. The van der Waals surface area contributed by atoms with E-state index in [1.54, 1.807) is 12.1 Å². The molecule has 6 heteroatoms. The van der Waals surface area contributed by atoms with Crippen molar-refractivity contribution in [1.82, 2.24) is 10.6 Å². The van der Waals surface area contributed by atoms with Crippen LogP contribution in [0.3, 0.4) is 0 Å². The van der Waals surface area contributed by atoms with Gasteiger partial charge in [0.15, 0.2) is 0 Å². The van der Waals surface area contributed by atoms with Gasteiger partial charge in [-0.05, 0) is 23.6 Å². The van der Waals surface area contributed by atoms with Crippen LogP contribution in [0.1, 0.15) is 19.4 Å². The number of esters is 1. The Bertz CT molecular complexity index is 460. The number of ether oxygens (including phenoxy) is 1. The van der Waals surface area contributed by atoms with Gasteiger partial charge in [-0.2, -0.15) is 0 Å². The molecule has 0 fully saturated rings. The van der Waals surface area contributed by atoms with E-state index in [4.69, 9.17) is 0 Å². The molecule has 0 radical (unpaired) electrons. The van der Waals surface area contributed by atoms with E-state index >= 15 is 0 Å². The van der Waals surface area contributed by atoms with E-state index < -0.39 is 18.0 Å². The maximum Gasteiger partial charge on any atom is 0.328 e. The molecule has 0 bridgehead atoms. The lowest BCUT2D eigenvalue weighted by molar-refractivity contribution is -0.143. The van der Waals surface area contributed by atoms with Gasteiger partial charge in [-0.15, -0.1) is 0 Å². The zero-order valence-electron chi connectivity index (χ0n) is 11.8. The molecule has 0 saturated heterocycles. The molecule has 0 saturated carbocycles. The maximum absolute atomic E-state index is 12.7. The second-order valence-corrected chi connectivity index (χ2v) is 4.70. The second kappa shape index (κ2) is 7.47. The van der Waals surface area contributed by atoms with Crippen molar-refractivity contribution in [3.05, 3.63) is 35.6 Å². The number of urea groups is 1. The summed E-state index contributed by atoms with van der Waals surface area (Å²) >= 11 is 0. The van der Waals surface area contributed by atoms with Crippen LogP contribution in [0.15, 0.2) is 24.3 Å². The number of methoxy groups -OCH3 is 1. The van der Waals surface area contributed by atoms with E-state index in [0.29, 0.717) is 0 Å². The molecule has 1 atom stereocenters. The molecule has 110 valence electrons. The highest BCUT2D eigenvalue weighted by atomic mass is 19.1. The molecular weight excluding hydrogens is 263 g/mol. The number of benzene rings is 1. The Labute approximate surface area is 117 Å². The Morgan fingerprint density at radius 3 is 2.35 bits per heavy atom. The van der Waals surface area contributed by atoms with E-state index in [2.05, 4.69) is 15.4 Å². The molecule has 0 spiro atoms. The van der Waals surface area contributed by atoms with Crippen molar-refractivity contribution >= 4 is 12.0 Å². The number of rotatable bonds is 5. The van der Waals surface area contributed by atoms with Crippen LogP contribution in [0.4, 0.5) is 9.18 Å². The number of hydrogen-bond acceptors (Lipinski definition) is 3. The topological polar surface area (TPSA) is 67.4 Å². The van der Waals surface area contributed by atoms with Gasteiger partial charge in [0.1, 0.15) is 11.9 Å². The second-order valence-electron chi connectivity index (χ2n) is 4.70. The quantitative estimate of drug-likeness (QED) is 0.810. The Morgan fingerprint density at radius 2 is 1.85 bits per heavy atom. The Balaban J connectivity index is 2.49. The van der Waals surface area contributed by atoms with E-state index in [-0.39, 0.29) is 18.3 Å². The zero-order chi connectivity index (χ0) is 15.1. The number of nitrogens with one attached hydrogen (secondary N) is 2. The van der Waals surface area contributed by atoms with E-state index in [9.17, 15) is 14.0 Å². The van der Waals surface area contributed by atoms with Gasteiger partial charge in [0, 0.05) is 6.54 Å². The average molecular weight is 282 g/mol. The summed E-state index contributed by atoms with van der Waals surface area (Å²) in [4.78, 5) is 23.2. The SMILES string of the molecule is COC(=O)C(NC(=O)NCc1ccc(F)cc1)C(C)C. The number of carbonyl (C=O) groups is 2. The third-order valence-electron chi connectivity index (χ3n) is 2.77. The van der Waals surface area contributed by atoms with Crippen molar-refractivity contribution in [1.29, 1.82) is 0 Å². The first kappa shape index (κ1) is 15.9. The summed E-state index contributed by atoms with van der Waals surface area (Å²) in [7, 11) is 1.27. The molecule has 5 nitrogen and oxygen atoms in total. The highest BCUT2D eigenvalue weighted by Gasteiger charge is 2.24. The smallest absolute Gasteiger partial charge is 0.328 e. The summed E-state index contributed by atoms with van der Waals surface area (Å²) in [6.45, 7) is 3.86. The van der Waals surface area contributed by atoms with Crippen LogP contribution in [0.2, 0.25) is 0 Å². The van der Waals surface area contributed by atoms with Crippen LogP contribution in [0.25, 0.3) is 0 Å². The molecule has 1 aromatic rings.